The summed E-state index contributed by atoms with van der Waals surface area (Å²) in [6.07, 6.45) is 0. The normalized spacial score (nSPS) is 10.2. The van der Waals surface area contributed by atoms with E-state index in [1.54, 1.807) is 36.3 Å². The second-order valence-electron chi connectivity index (χ2n) is 5.52. The van der Waals surface area contributed by atoms with Crippen LogP contribution in [0.1, 0.15) is 22.8 Å². The predicted molar refractivity (Wildman–Crippen MR) is 97.9 cm³/mol. The minimum Gasteiger partial charge on any atom is -0.497 e. The summed E-state index contributed by atoms with van der Waals surface area (Å²) in [5.74, 6) is 0.464. The maximum absolute atomic E-state index is 12.1. The zero-order valence-corrected chi connectivity index (χ0v) is 15.0. The molecule has 0 fully saturated rings. The van der Waals surface area contributed by atoms with Crippen molar-refractivity contribution in [2.24, 2.45) is 0 Å². The summed E-state index contributed by atoms with van der Waals surface area (Å²) in [6, 6.07) is 14.4. The number of carbonyl (C=O) groups excluding carboxylic acids is 2. The van der Waals surface area contributed by atoms with Gasteiger partial charge in [0.15, 0.2) is 0 Å². The molecule has 25 heavy (non-hydrogen) atoms. The number of hydrogen-bond acceptors (Lipinski definition) is 3. The lowest BCUT2D eigenvalue weighted by Crippen LogP contribution is -2.37. The Bertz CT molecular complexity index is 732. The Morgan fingerprint density at radius 2 is 1.80 bits per heavy atom. The van der Waals surface area contributed by atoms with Gasteiger partial charge in [-0.3, -0.25) is 9.59 Å². The molecule has 0 unspecified atom stereocenters. The van der Waals surface area contributed by atoms with Gasteiger partial charge in [-0.15, -0.1) is 0 Å². The van der Waals surface area contributed by atoms with Crippen molar-refractivity contribution in [1.82, 2.24) is 10.2 Å². The molecule has 0 aliphatic carbocycles. The highest BCUT2D eigenvalue weighted by Gasteiger charge is 2.12. The second kappa shape index (κ2) is 9.08. The van der Waals surface area contributed by atoms with Crippen LogP contribution in [0.5, 0.6) is 5.75 Å². The number of ether oxygens (including phenoxy) is 1. The Morgan fingerprint density at radius 3 is 2.40 bits per heavy atom. The van der Waals surface area contributed by atoms with Crippen LogP contribution in [0.4, 0.5) is 0 Å². The fourth-order valence-electron chi connectivity index (χ4n) is 2.34. The maximum atomic E-state index is 12.1. The molecule has 2 amide bonds. The molecule has 0 aliphatic heterocycles. The van der Waals surface area contributed by atoms with Crippen LogP contribution >= 0.6 is 11.6 Å². The molecule has 0 saturated carbocycles. The van der Waals surface area contributed by atoms with Gasteiger partial charge in [-0.05, 0) is 29.8 Å². The lowest BCUT2D eigenvalue weighted by molar-refractivity contribution is -0.129. The number of carbonyl (C=O) groups is 2. The van der Waals surface area contributed by atoms with E-state index in [9.17, 15) is 9.59 Å². The lowest BCUT2D eigenvalue weighted by Gasteiger charge is -2.21. The van der Waals surface area contributed by atoms with Crippen LogP contribution in [0, 0.1) is 0 Å². The van der Waals surface area contributed by atoms with E-state index in [2.05, 4.69) is 5.32 Å². The Labute approximate surface area is 152 Å². The number of methoxy groups -OCH3 is 1. The van der Waals surface area contributed by atoms with Crippen molar-refractivity contribution >= 4 is 23.4 Å². The molecule has 0 aliphatic rings. The zero-order valence-electron chi connectivity index (χ0n) is 14.3. The van der Waals surface area contributed by atoms with Crippen molar-refractivity contribution in [2.45, 2.75) is 13.5 Å². The third-order valence-corrected chi connectivity index (χ3v) is 4.09. The van der Waals surface area contributed by atoms with Gasteiger partial charge in [0.1, 0.15) is 5.75 Å². The number of halogens is 1. The first-order valence-electron chi connectivity index (χ1n) is 7.92. The molecular formula is C19H21ClN2O3. The Kier molecular flexibility index (Phi) is 6.83. The van der Waals surface area contributed by atoms with Crippen LogP contribution in [0.25, 0.3) is 0 Å². The van der Waals surface area contributed by atoms with Gasteiger partial charge in [0.25, 0.3) is 5.91 Å². The minimum atomic E-state index is -0.251. The van der Waals surface area contributed by atoms with Gasteiger partial charge in [-0.25, -0.2) is 0 Å². The van der Waals surface area contributed by atoms with Crippen LogP contribution in [-0.2, 0) is 11.3 Å². The summed E-state index contributed by atoms with van der Waals surface area (Å²) in [5.41, 5.74) is 1.42. The van der Waals surface area contributed by atoms with E-state index in [4.69, 9.17) is 16.3 Å². The zero-order chi connectivity index (χ0) is 18.2. The van der Waals surface area contributed by atoms with Crippen molar-refractivity contribution in [3.05, 3.63) is 64.7 Å². The number of amides is 2. The third-order valence-electron chi connectivity index (χ3n) is 3.76. The molecule has 6 heteroatoms. The molecule has 2 aromatic carbocycles. The van der Waals surface area contributed by atoms with Crippen molar-refractivity contribution in [3.63, 3.8) is 0 Å². The largest absolute Gasteiger partial charge is 0.497 e. The van der Waals surface area contributed by atoms with Crippen molar-refractivity contribution in [2.75, 3.05) is 20.2 Å². The molecule has 0 saturated heterocycles. The summed E-state index contributed by atoms with van der Waals surface area (Å²) in [7, 11) is 1.61. The van der Waals surface area contributed by atoms with Gasteiger partial charge >= 0.3 is 0 Å². The number of hydrogen-bond donors (Lipinski definition) is 1. The monoisotopic (exact) mass is 360 g/mol. The van der Waals surface area contributed by atoms with Crippen LogP contribution in [0.3, 0.4) is 0 Å². The molecule has 2 rings (SSSR count). The smallest absolute Gasteiger partial charge is 0.252 e. The Balaban J connectivity index is 1.90. The Hall–Kier alpha value is -2.53. The Morgan fingerprint density at radius 1 is 1.12 bits per heavy atom. The summed E-state index contributed by atoms with van der Waals surface area (Å²) in [5, 5.41) is 3.20. The summed E-state index contributed by atoms with van der Waals surface area (Å²) >= 11 is 6.01. The molecule has 0 heterocycles. The van der Waals surface area contributed by atoms with Gasteiger partial charge in [0.05, 0.1) is 17.7 Å². The maximum Gasteiger partial charge on any atom is 0.252 e. The van der Waals surface area contributed by atoms with Crippen LogP contribution < -0.4 is 10.1 Å². The average Bonchev–Trinajstić information content (AvgIpc) is 2.61. The number of nitrogens with zero attached hydrogens (tertiary/aromatic N) is 1. The second-order valence-corrected chi connectivity index (χ2v) is 5.93. The van der Waals surface area contributed by atoms with E-state index in [0.29, 0.717) is 30.2 Å². The van der Waals surface area contributed by atoms with E-state index in [0.717, 1.165) is 11.3 Å². The molecule has 5 nitrogen and oxygen atoms in total. The highest BCUT2D eigenvalue weighted by atomic mass is 35.5. The first-order chi connectivity index (χ1) is 12.0. The number of nitrogens with one attached hydrogen (secondary N) is 1. The van der Waals surface area contributed by atoms with E-state index in [-0.39, 0.29) is 11.8 Å². The summed E-state index contributed by atoms with van der Waals surface area (Å²) in [6.45, 7) is 2.75. The average molecular weight is 361 g/mol. The third kappa shape index (κ3) is 5.50. The van der Waals surface area contributed by atoms with E-state index in [1.165, 1.54) is 6.92 Å². The quantitative estimate of drug-likeness (QED) is 0.825. The lowest BCUT2D eigenvalue weighted by atomic mass is 10.2. The predicted octanol–water partition coefficient (Wildman–Crippen LogP) is 3.13. The molecule has 1 N–H and O–H groups in total. The van der Waals surface area contributed by atoms with Crippen LogP contribution in [0.15, 0.2) is 48.5 Å². The van der Waals surface area contributed by atoms with Crippen molar-refractivity contribution in [3.8, 4) is 5.75 Å². The first-order valence-corrected chi connectivity index (χ1v) is 8.30. The topological polar surface area (TPSA) is 58.6 Å². The fraction of sp³-hybridized carbons (Fsp3) is 0.263. The van der Waals surface area contributed by atoms with E-state index >= 15 is 0 Å². The fourth-order valence-corrected chi connectivity index (χ4v) is 2.57. The van der Waals surface area contributed by atoms with E-state index < -0.39 is 0 Å². The molecular weight excluding hydrogens is 340 g/mol. The van der Waals surface area contributed by atoms with Gasteiger partial charge < -0.3 is 15.0 Å². The van der Waals surface area contributed by atoms with Gasteiger partial charge in [0, 0.05) is 26.6 Å². The molecule has 0 aromatic heterocycles. The number of rotatable bonds is 7. The molecule has 0 spiro atoms. The number of benzene rings is 2. The van der Waals surface area contributed by atoms with Crippen LogP contribution in [-0.4, -0.2) is 36.9 Å². The standard InChI is InChI=1S/C19H21ClN2O3/c1-14(23)22(13-15-7-9-16(25-2)10-8-15)12-11-21-19(24)17-5-3-4-6-18(17)20/h3-10H,11-13H2,1-2H3,(H,21,24). The first kappa shape index (κ1) is 18.8. The SMILES string of the molecule is COc1ccc(CN(CCNC(=O)c2ccccc2Cl)C(C)=O)cc1. The molecule has 0 radical (unpaired) electrons. The highest BCUT2D eigenvalue weighted by Crippen LogP contribution is 2.15. The van der Waals surface area contributed by atoms with Crippen molar-refractivity contribution < 1.29 is 14.3 Å². The van der Waals surface area contributed by atoms with E-state index in [1.807, 2.05) is 24.3 Å². The van der Waals surface area contributed by atoms with Crippen molar-refractivity contribution in [1.29, 1.82) is 0 Å². The van der Waals surface area contributed by atoms with Gasteiger partial charge in [-0.1, -0.05) is 35.9 Å². The van der Waals surface area contributed by atoms with Gasteiger partial charge in [0.2, 0.25) is 5.91 Å². The molecule has 0 atom stereocenters. The molecule has 0 bridgehead atoms. The van der Waals surface area contributed by atoms with Gasteiger partial charge in [-0.2, -0.15) is 0 Å². The highest BCUT2D eigenvalue weighted by molar-refractivity contribution is 6.33. The summed E-state index contributed by atoms with van der Waals surface area (Å²) < 4.78 is 5.13. The van der Waals surface area contributed by atoms with Crippen LogP contribution in [0.2, 0.25) is 5.02 Å². The molecule has 2 aromatic rings. The molecule has 132 valence electrons. The summed E-state index contributed by atoms with van der Waals surface area (Å²) in [4.78, 5) is 25.6. The minimum absolute atomic E-state index is 0.0530.